The summed E-state index contributed by atoms with van der Waals surface area (Å²) in [5.74, 6) is 0. The van der Waals surface area contributed by atoms with E-state index in [9.17, 15) is 10.1 Å². The third kappa shape index (κ3) is 7.42. The van der Waals surface area contributed by atoms with E-state index in [1.54, 1.807) is 12.1 Å². The molecule has 0 aliphatic carbocycles. The minimum Gasteiger partial charge on any atom is -0.383 e. The van der Waals surface area contributed by atoms with E-state index in [-0.39, 0.29) is 5.69 Å². The van der Waals surface area contributed by atoms with Crippen LogP contribution in [0.2, 0.25) is 0 Å². The lowest BCUT2D eigenvalue weighted by Gasteiger charge is -2.12. The van der Waals surface area contributed by atoms with E-state index in [1.807, 2.05) is 0 Å². The van der Waals surface area contributed by atoms with Crippen molar-refractivity contribution < 1.29 is 9.82 Å². The van der Waals surface area contributed by atoms with E-state index in [4.69, 9.17) is 12.2 Å². The molecule has 0 saturated heterocycles. The van der Waals surface area contributed by atoms with Gasteiger partial charge in [-0.1, -0.05) is 0 Å². The van der Waals surface area contributed by atoms with Crippen LogP contribution in [0.4, 0.5) is 11.4 Å². The molecule has 0 bridgehead atoms. The second-order valence-electron chi connectivity index (χ2n) is 4.87. The fourth-order valence-electron chi connectivity index (χ4n) is 1.57. The second-order valence-corrected chi connectivity index (χ2v) is 5.28. The zero-order chi connectivity index (χ0) is 15.7. The average Bonchev–Trinajstić information content (AvgIpc) is 2.43. The van der Waals surface area contributed by atoms with Crippen LogP contribution in [0.15, 0.2) is 24.3 Å². The number of benzene rings is 1. The SMILES string of the molecule is C[NH+](C)CCNC(=S)NCCNc1ccc([N+](=O)[O-])cc1. The molecule has 0 unspecified atom stereocenters. The number of rotatable bonds is 8. The maximum Gasteiger partial charge on any atom is 0.269 e. The fourth-order valence-corrected chi connectivity index (χ4v) is 1.78. The molecule has 21 heavy (non-hydrogen) atoms. The normalized spacial score (nSPS) is 10.2. The molecule has 0 radical (unpaired) electrons. The van der Waals surface area contributed by atoms with Crippen LogP contribution >= 0.6 is 12.2 Å². The molecule has 4 N–H and O–H groups in total. The van der Waals surface area contributed by atoms with Crippen molar-refractivity contribution in [2.24, 2.45) is 0 Å². The summed E-state index contributed by atoms with van der Waals surface area (Å²) in [6.45, 7) is 3.20. The van der Waals surface area contributed by atoms with Crippen molar-refractivity contribution in [3.05, 3.63) is 34.4 Å². The lowest BCUT2D eigenvalue weighted by molar-refractivity contribution is -0.856. The number of thiocarbonyl (C=S) groups is 1. The van der Waals surface area contributed by atoms with E-state index >= 15 is 0 Å². The van der Waals surface area contributed by atoms with Gasteiger partial charge in [-0.3, -0.25) is 10.1 Å². The molecule has 0 aromatic heterocycles. The molecule has 0 spiro atoms. The van der Waals surface area contributed by atoms with Gasteiger partial charge in [0.15, 0.2) is 5.11 Å². The molecular formula is C13H22N5O2S+. The molecule has 0 fully saturated rings. The maximum atomic E-state index is 10.5. The summed E-state index contributed by atoms with van der Waals surface area (Å²) in [4.78, 5) is 11.5. The smallest absolute Gasteiger partial charge is 0.269 e. The quantitative estimate of drug-likeness (QED) is 0.227. The zero-order valence-electron chi connectivity index (χ0n) is 12.3. The highest BCUT2D eigenvalue weighted by molar-refractivity contribution is 7.80. The van der Waals surface area contributed by atoms with Gasteiger partial charge in [0.1, 0.15) is 0 Å². The van der Waals surface area contributed by atoms with Crippen LogP contribution in [-0.4, -0.2) is 50.3 Å². The van der Waals surface area contributed by atoms with Crippen molar-refractivity contribution in [1.82, 2.24) is 10.6 Å². The lowest BCUT2D eigenvalue weighted by atomic mass is 10.3. The molecule has 0 aliphatic rings. The van der Waals surface area contributed by atoms with Gasteiger partial charge in [-0.2, -0.15) is 0 Å². The van der Waals surface area contributed by atoms with Crippen LogP contribution in [0.5, 0.6) is 0 Å². The number of non-ortho nitro benzene ring substituents is 1. The number of anilines is 1. The molecule has 0 heterocycles. The van der Waals surface area contributed by atoms with Gasteiger partial charge in [0.2, 0.25) is 0 Å². The van der Waals surface area contributed by atoms with Crippen LogP contribution < -0.4 is 20.9 Å². The van der Waals surface area contributed by atoms with Gasteiger partial charge < -0.3 is 20.9 Å². The van der Waals surface area contributed by atoms with Crippen molar-refractivity contribution in [2.75, 3.05) is 45.6 Å². The van der Waals surface area contributed by atoms with Gasteiger partial charge in [0.25, 0.3) is 5.69 Å². The molecule has 0 aliphatic heterocycles. The van der Waals surface area contributed by atoms with Crippen LogP contribution in [-0.2, 0) is 0 Å². The number of quaternary nitrogens is 1. The predicted octanol–water partition coefficient (Wildman–Crippen LogP) is -0.385. The Balaban J connectivity index is 2.16. The minimum atomic E-state index is -0.412. The van der Waals surface area contributed by atoms with Crippen molar-refractivity contribution in [1.29, 1.82) is 0 Å². The topological polar surface area (TPSA) is 83.7 Å². The fraction of sp³-hybridized carbons (Fsp3) is 0.462. The Morgan fingerprint density at radius 2 is 1.81 bits per heavy atom. The average molecular weight is 312 g/mol. The summed E-state index contributed by atoms with van der Waals surface area (Å²) in [5, 5.41) is 20.6. The van der Waals surface area contributed by atoms with Crippen molar-refractivity contribution in [3.63, 3.8) is 0 Å². The highest BCUT2D eigenvalue weighted by Crippen LogP contribution is 2.14. The number of hydrogen-bond donors (Lipinski definition) is 4. The Kier molecular flexibility index (Phi) is 7.41. The zero-order valence-corrected chi connectivity index (χ0v) is 13.1. The van der Waals surface area contributed by atoms with Gasteiger partial charge in [-0.15, -0.1) is 0 Å². The summed E-state index contributed by atoms with van der Waals surface area (Å²) in [6, 6.07) is 6.33. The summed E-state index contributed by atoms with van der Waals surface area (Å²) >= 11 is 5.15. The predicted molar refractivity (Wildman–Crippen MR) is 87.9 cm³/mol. The highest BCUT2D eigenvalue weighted by Gasteiger charge is 2.03. The van der Waals surface area contributed by atoms with Gasteiger partial charge >= 0.3 is 0 Å². The number of hydrogen-bond acceptors (Lipinski definition) is 4. The first-order valence-corrected chi connectivity index (χ1v) is 7.19. The Labute approximate surface area is 129 Å². The van der Waals surface area contributed by atoms with Crippen molar-refractivity contribution in [2.45, 2.75) is 0 Å². The Morgan fingerprint density at radius 3 is 2.38 bits per heavy atom. The molecule has 8 heteroatoms. The second kappa shape index (κ2) is 9.09. The first-order valence-electron chi connectivity index (χ1n) is 6.78. The standard InChI is InChI=1S/C13H21N5O2S/c1-17(2)10-9-16-13(21)15-8-7-14-11-3-5-12(6-4-11)18(19)20/h3-6,14H,7-10H2,1-2H3,(H2,15,16,21)/p+1. The van der Waals surface area contributed by atoms with E-state index in [0.717, 1.165) is 18.8 Å². The maximum absolute atomic E-state index is 10.5. The first-order chi connectivity index (χ1) is 9.99. The number of nitro benzene ring substituents is 1. The monoisotopic (exact) mass is 312 g/mol. The Bertz CT molecular complexity index is 464. The van der Waals surface area contributed by atoms with E-state index in [1.165, 1.54) is 17.0 Å². The summed E-state index contributed by atoms with van der Waals surface area (Å²) < 4.78 is 0. The van der Waals surface area contributed by atoms with Crippen LogP contribution in [0.1, 0.15) is 0 Å². The summed E-state index contributed by atoms with van der Waals surface area (Å²) in [6.07, 6.45) is 0. The number of nitrogens with one attached hydrogen (secondary N) is 4. The Hall–Kier alpha value is -1.93. The van der Waals surface area contributed by atoms with E-state index in [2.05, 4.69) is 30.0 Å². The molecule has 1 aromatic rings. The third-order valence-corrected chi connectivity index (χ3v) is 3.02. The third-order valence-electron chi connectivity index (χ3n) is 2.73. The van der Waals surface area contributed by atoms with Crippen LogP contribution in [0.25, 0.3) is 0 Å². The first kappa shape index (κ1) is 17.1. The minimum absolute atomic E-state index is 0.0899. The number of nitrogens with zero attached hydrogens (tertiary/aromatic N) is 1. The molecule has 1 aromatic carbocycles. The lowest BCUT2D eigenvalue weighted by Crippen LogP contribution is -3.06. The van der Waals surface area contributed by atoms with Gasteiger partial charge in [-0.05, 0) is 24.4 Å². The molecular weight excluding hydrogens is 290 g/mol. The van der Waals surface area contributed by atoms with Crippen molar-refractivity contribution in [3.8, 4) is 0 Å². The van der Waals surface area contributed by atoms with Gasteiger partial charge in [0, 0.05) is 30.9 Å². The van der Waals surface area contributed by atoms with Gasteiger partial charge in [0.05, 0.1) is 32.1 Å². The summed E-state index contributed by atoms with van der Waals surface area (Å²) in [7, 11) is 4.18. The molecule has 1 rings (SSSR count). The summed E-state index contributed by atoms with van der Waals surface area (Å²) in [5.41, 5.74) is 0.935. The largest absolute Gasteiger partial charge is 0.383 e. The molecule has 0 saturated carbocycles. The van der Waals surface area contributed by atoms with E-state index in [0.29, 0.717) is 18.2 Å². The molecule has 116 valence electrons. The molecule has 0 amide bonds. The Morgan fingerprint density at radius 1 is 1.19 bits per heavy atom. The van der Waals surface area contributed by atoms with Crippen molar-refractivity contribution >= 4 is 28.7 Å². The molecule has 7 nitrogen and oxygen atoms in total. The van der Waals surface area contributed by atoms with Crippen LogP contribution in [0, 0.1) is 10.1 Å². The number of likely N-dealkylation sites (N-methyl/N-ethyl adjacent to an activating group) is 1. The van der Waals surface area contributed by atoms with Crippen LogP contribution in [0.3, 0.4) is 0 Å². The van der Waals surface area contributed by atoms with Gasteiger partial charge in [-0.25, -0.2) is 0 Å². The molecule has 0 atom stereocenters. The van der Waals surface area contributed by atoms with E-state index < -0.39 is 4.92 Å². The number of nitro groups is 1. The highest BCUT2D eigenvalue weighted by atomic mass is 32.1.